The minimum absolute atomic E-state index is 0.122. The topological polar surface area (TPSA) is 58.6 Å². The van der Waals surface area contributed by atoms with E-state index in [1.54, 1.807) is 47.4 Å². The fourth-order valence-electron chi connectivity index (χ4n) is 4.23. The van der Waals surface area contributed by atoms with Gasteiger partial charge in [0, 0.05) is 39.6 Å². The molecule has 34 heavy (non-hydrogen) atoms. The van der Waals surface area contributed by atoms with Gasteiger partial charge in [-0.05, 0) is 62.1 Å². The van der Waals surface area contributed by atoms with Gasteiger partial charge >= 0.3 is 0 Å². The second-order valence-electron chi connectivity index (χ2n) is 8.54. The standard InChI is InChI=1S/C26H31Cl3N2O3/c1-2-24(26(33)30-19-7-3-4-8-19)31(17-21-22(28)9-5-10-23(21)29)25(32)11-6-16-34-20-14-12-18(27)13-15-20/h5,9-10,12-15,19,24H,2-4,6-8,11,16-17H2,1H3,(H,30,33)/t24-/m0/s1. The lowest BCUT2D eigenvalue weighted by molar-refractivity contribution is -0.141. The third kappa shape index (κ3) is 7.53. The van der Waals surface area contributed by atoms with E-state index < -0.39 is 6.04 Å². The molecule has 1 N–H and O–H groups in total. The zero-order chi connectivity index (χ0) is 24.5. The summed E-state index contributed by atoms with van der Waals surface area (Å²) >= 11 is 18.7. The highest BCUT2D eigenvalue weighted by atomic mass is 35.5. The van der Waals surface area contributed by atoms with Crippen molar-refractivity contribution in [3.8, 4) is 5.75 Å². The monoisotopic (exact) mass is 524 g/mol. The fraction of sp³-hybridized carbons (Fsp3) is 0.462. The second kappa shape index (κ2) is 13.2. The Morgan fingerprint density at radius 2 is 1.71 bits per heavy atom. The number of nitrogens with zero attached hydrogens (tertiary/aromatic N) is 1. The molecule has 1 saturated carbocycles. The Balaban J connectivity index is 1.69. The van der Waals surface area contributed by atoms with Gasteiger partial charge in [0.1, 0.15) is 11.8 Å². The second-order valence-corrected chi connectivity index (χ2v) is 9.79. The molecule has 3 rings (SSSR count). The van der Waals surface area contributed by atoms with Crippen molar-refractivity contribution in [3.63, 3.8) is 0 Å². The Hall–Kier alpha value is -1.95. The van der Waals surface area contributed by atoms with Gasteiger partial charge in [0.2, 0.25) is 11.8 Å². The first-order chi connectivity index (χ1) is 16.4. The first-order valence-electron chi connectivity index (χ1n) is 11.8. The Labute approximate surface area is 216 Å². The molecule has 0 radical (unpaired) electrons. The third-order valence-corrected chi connectivity index (χ3v) is 7.06. The van der Waals surface area contributed by atoms with E-state index in [0.29, 0.717) is 45.8 Å². The average Bonchev–Trinajstić information content (AvgIpc) is 3.32. The molecule has 1 fully saturated rings. The highest BCUT2D eigenvalue weighted by Crippen LogP contribution is 2.28. The molecule has 2 aromatic carbocycles. The molecule has 1 atom stereocenters. The maximum Gasteiger partial charge on any atom is 0.243 e. The molecular formula is C26H31Cl3N2O3. The molecule has 0 bridgehead atoms. The van der Waals surface area contributed by atoms with Gasteiger partial charge in [-0.3, -0.25) is 9.59 Å². The number of amides is 2. The number of carbonyl (C=O) groups excluding carboxylic acids is 2. The van der Waals surface area contributed by atoms with E-state index in [9.17, 15) is 9.59 Å². The van der Waals surface area contributed by atoms with Crippen molar-refractivity contribution in [2.45, 2.75) is 70.5 Å². The molecule has 0 aliphatic heterocycles. The van der Waals surface area contributed by atoms with Gasteiger partial charge < -0.3 is 15.0 Å². The summed E-state index contributed by atoms with van der Waals surface area (Å²) in [4.78, 5) is 28.1. The largest absolute Gasteiger partial charge is 0.494 e. The van der Waals surface area contributed by atoms with E-state index in [0.717, 1.165) is 25.7 Å². The zero-order valence-corrected chi connectivity index (χ0v) is 21.6. The number of hydrogen-bond acceptors (Lipinski definition) is 3. The Morgan fingerprint density at radius 1 is 1.06 bits per heavy atom. The van der Waals surface area contributed by atoms with E-state index in [1.807, 2.05) is 6.92 Å². The fourth-order valence-corrected chi connectivity index (χ4v) is 4.87. The zero-order valence-electron chi connectivity index (χ0n) is 19.4. The van der Waals surface area contributed by atoms with E-state index in [-0.39, 0.29) is 30.8 Å². The van der Waals surface area contributed by atoms with Gasteiger partial charge in [0.15, 0.2) is 0 Å². The van der Waals surface area contributed by atoms with E-state index >= 15 is 0 Å². The highest BCUT2D eigenvalue weighted by Gasteiger charge is 2.31. The molecule has 1 aliphatic rings. The number of hydrogen-bond donors (Lipinski definition) is 1. The van der Waals surface area contributed by atoms with Gasteiger partial charge in [-0.2, -0.15) is 0 Å². The molecule has 1 aliphatic carbocycles. The lowest BCUT2D eigenvalue weighted by Crippen LogP contribution is -2.51. The molecule has 8 heteroatoms. The molecular weight excluding hydrogens is 495 g/mol. The van der Waals surface area contributed by atoms with Crippen molar-refractivity contribution in [1.29, 1.82) is 0 Å². The van der Waals surface area contributed by atoms with E-state index in [4.69, 9.17) is 39.5 Å². The van der Waals surface area contributed by atoms with Crippen molar-refractivity contribution in [2.75, 3.05) is 6.61 Å². The van der Waals surface area contributed by atoms with Crippen LogP contribution in [0.2, 0.25) is 15.1 Å². The summed E-state index contributed by atoms with van der Waals surface area (Å²) in [5.41, 5.74) is 0.642. The van der Waals surface area contributed by atoms with E-state index in [1.165, 1.54) is 0 Å². The predicted octanol–water partition coefficient (Wildman–Crippen LogP) is 6.67. The summed E-state index contributed by atoms with van der Waals surface area (Å²) in [5.74, 6) is 0.436. The van der Waals surface area contributed by atoms with Gasteiger partial charge in [-0.15, -0.1) is 0 Å². The van der Waals surface area contributed by atoms with Crippen molar-refractivity contribution in [2.24, 2.45) is 0 Å². The minimum atomic E-state index is -0.599. The van der Waals surface area contributed by atoms with Crippen LogP contribution in [0.5, 0.6) is 5.75 Å². The van der Waals surface area contributed by atoms with Crippen LogP contribution in [0.1, 0.15) is 57.4 Å². The lowest BCUT2D eigenvalue weighted by atomic mass is 10.1. The Kier molecular flexibility index (Phi) is 10.4. The molecule has 2 aromatic rings. The van der Waals surface area contributed by atoms with Crippen LogP contribution in [-0.4, -0.2) is 35.4 Å². The lowest BCUT2D eigenvalue weighted by Gasteiger charge is -2.32. The van der Waals surface area contributed by atoms with Crippen LogP contribution in [0.15, 0.2) is 42.5 Å². The number of benzene rings is 2. The van der Waals surface area contributed by atoms with Crippen molar-refractivity contribution in [3.05, 3.63) is 63.1 Å². The molecule has 0 aromatic heterocycles. The number of nitrogens with one attached hydrogen (secondary N) is 1. The molecule has 0 unspecified atom stereocenters. The van der Waals surface area contributed by atoms with Crippen molar-refractivity contribution in [1.82, 2.24) is 10.2 Å². The van der Waals surface area contributed by atoms with Gasteiger partial charge in [-0.1, -0.05) is 60.6 Å². The van der Waals surface area contributed by atoms with E-state index in [2.05, 4.69) is 5.32 Å². The Morgan fingerprint density at radius 3 is 2.32 bits per heavy atom. The van der Waals surface area contributed by atoms with Crippen LogP contribution in [-0.2, 0) is 16.1 Å². The smallest absolute Gasteiger partial charge is 0.243 e. The maximum absolute atomic E-state index is 13.4. The predicted molar refractivity (Wildman–Crippen MR) is 138 cm³/mol. The molecule has 0 heterocycles. The number of halogens is 3. The summed E-state index contributed by atoms with van der Waals surface area (Å²) in [5, 5.41) is 4.73. The maximum atomic E-state index is 13.4. The molecule has 0 saturated heterocycles. The number of carbonyl (C=O) groups is 2. The first-order valence-corrected chi connectivity index (χ1v) is 12.9. The molecule has 0 spiro atoms. The van der Waals surface area contributed by atoms with Gasteiger partial charge in [0.25, 0.3) is 0 Å². The summed E-state index contributed by atoms with van der Waals surface area (Å²) in [7, 11) is 0. The van der Waals surface area contributed by atoms with Gasteiger partial charge in [0.05, 0.1) is 6.61 Å². The van der Waals surface area contributed by atoms with Crippen LogP contribution in [0.25, 0.3) is 0 Å². The highest BCUT2D eigenvalue weighted by molar-refractivity contribution is 6.36. The average molecular weight is 526 g/mol. The molecule has 184 valence electrons. The van der Waals surface area contributed by atoms with Crippen LogP contribution in [0.3, 0.4) is 0 Å². The summed E-state index contributed by atoms with van der Waals surface area (Å²) in [6.07, 6.45) is 5.44. The van der Waals surface area contributed by atoms with Crippen molar-refractivity contribution >= 4 is 46.6 Å². The van der Waals surface area contributed by atoms with Crippen LogP contribution < -0.4 is 10.1 Å². The van der Waals surface area contributed by atoms with Gasteiger partial charge in [-0.25, -0.2) is 0 Å². The van der Waals surface area contributed by atoms with Crippen LogP contribution >= 0.6 is 34.8 Å². The quantitative estimate of drug-likeness (QED) is 0.333. The van der Waals surface area contributed by atoms with Crippen LogP contribution in [0.4, 0.5) is 0 Å². The normalized spacial score (nSPS) is 14.6. The summed E-state index contributed by atoms with van der Waals surface area (Å²) in [6.45, 7) is 2.46. The molecule has 5 nitrogen and oxygen atoms in total. The summed E-state index contributed by atoms with van der Waals surface area (Å²) < 4.78 is 5.72. The van der Waals surface area contributed by atoms with Crippen molar-refractivity contribution < 1.29 is 14.3 Å². The SMILES string of the molecule is CC[C@@H](C(=O)NC1CCCC1)N(Cc1c(Cl)cccc1Cl)C(=O)CCCOc1ccc(Cl)cc1. The number of ether oxygens (including phenoxy) is 1. The van der Waals surface area contributed by atoms with Crippen LogP contribution in [0, 0.1) is 0 Å². The minimum Gasteiger partial charge on any atom is -0.494 e. The summed E-state index contributed by atoms with van der Waals surface area (Å²) in [6, 6.07) is 11.9. The number of rotatable bonds is 11. The third-order valence-electron chi connectivity index (χ3n) is 6.09. The molecule has 2 amide bonds. The Bertz CT molecular complexity index is 942. The first kappa shape index (κ1) is 26.7.